The summed E-state index contributed by atoms with van der Waals surface area (Å²) in [6.07, 6.45) is 1.04. The molecule has 2 atom stereocenters. The first-order valence-electron chi connectivity index (χ1n) is 4.94. The van der Waals surface area contributed by atoms with Gasteiger partial charge < -0.3 is 11.1 Å². The van der Waals surface area contributed by atoms with Gasteiger partial charge in [0.05, 0.1) is 6.04 Å². The van der Waals surface area contributed by atoms with E-state index < -0.39 is 0 Å². The number of hydrogen-bond donors (Lipinski definition) is 2. The second kappa shape index (κ2) is 4.41. The number of nitrogens with two attached hydrogens (primary N) is 1. The summed E-state index contributed by atoms with van der Waals surface area (Å²) in [4.78, 5) is 0. The molecule has 5 nitrogen and oxygen atoms in total. The topological polar surface area (TPSA) is 68.8 Å². The van der Waals surface area contributed by atoms with Gasteiger partial charge in [-0.25, -0.2) is 0 Å². The predicted molar refractivity (Wildman–Crippen MR) is 56.9 cm³/mol. The van der Waals surface area contributed by atoms with Crippen molar-refractivity contribution in [1.82, 2.24) is 14.8 Å². The van der Waals surface area contributed by atoms with Gasteiger partial charge in [0, 0.05) is 14.1 Å². The Hall–Kier alpha value is -1.10. The Morgan fingerprint density at radius 3 is 2.57 bits per heavy atom. The molecule has 0 spiro atoms. The van der Waals surface area contributed by atoms with Crippen LogP contribution in [0.5, 0.6) is 0 Å². The van der Waals surface area contributed by atoms with E-state index >= 15 is 0 Å². The van der Waals surface area contributed by atoms with Gasteiger partial charge >= 0.3 is 0 Å². The highest BCUT2D eigenvalue weighted by Crippen LogP contribution is 2.20. The summed E-state index contributed by atoms with van der Waals surface area (Å²) < 4.78 is 1.90. The van der Waals surface area contributed by atoms with E-state index in [4.69, 9.17) is 5.73 Å². The zero-order chi connectivity index (χ0) is 10.7. The number of aromatic nitrogens is 3. The van der Waals surface area contributed by atoms with Gasteiger partial charge in [-0.15, -0.1) is 10.2 Å². The standard InChI is InChI=1S/C9H19N5/c1-5-6(2)7(10)8-12-13-9(11-3)14(8)4/h6-7H,5,10H2,1-4H3,(H,11,13)/t6?,7-/m0/s1. The lowest BCUT2D eigenvalue weighted by atomic mass is 9.99. The Labute approximate surface area is 84.7 Å². The number of hydrogen-bond acceptors (Lipinski definition) is 4. The van der Waals surface area contributed by atoms with Gasteiger partial charge in [0.25, 0.3) is 0 Å². The summed E-state index contributed by atoms with van der Waals surface area (Å²) in [5, 5.41) is 11.0. The molecule has 0 radical (unpaired) electrons. The maximum absolute atomic E-state index is 6.07. The van der Waals surface area contributed by atoms with Crippen LogP contribution in [0.3, 0.4) is 0 Å². The monoisotopic (exact) mass is 197 g/mol. The van der Waals surface area contributed by atoms with Gasteiger partial charge in [0.1, 0.15) is 0 Å². The lowest BCUT2D eigenvalue weighted by Crippen LogP contribution is -2.22. The molecule has 0 fully saturated rings. The predicted octanol–water partition coefficient (Wildman–Crippen LogP) is 0.903. The molecule has 3 N–H and O–H groups in total. The molecular weight excluding hydrogens is 178 g/mol. The fourth-order valence-electron chi connectivity index (χ4n) is 1.36. The molecule has 14 heavy (non-hydrogen) atoms. The highest BCUT2D eigenvalue weighted by atomic mass is 15.3. The van der Waals surface area contributed by atoms with Crippen molar-refractivity contribution in [3.8, 4) is 0 Å². The van der Waals surface area contributed by atoms with Gasteiger partial charge in [-0.05, 0) is 5.92 Å². The highest BCUT2D eigenvalue weighted by Gasteiger charge is 2.19. The van der Waals surface area contributed by atoms with Crippen molar-refractivity contribution in [3.05, 3.63) is 5.82 Å². The fourth-order valence-corrected chi connectivity index (χ4v) is 1.36. The van der Waals surface area contributed by atoms with Gasteiger partial charge in [0.2, 0.25) is 5.95 Å². The summed E-state index contributed by atoms with van der Waals surface area (Å²) >= 11 is 0. The number of anilines is 1. The summed E-state index contributed by atoms with van der Waals surface area (Å²) in [6.45, 7) is 4.25. The molecule has 0 saturated heterocycles. The van der Waals surface area contributed by atoms with Crippen molar-refractivity contribution >= 4 is 5.95 Å². The maximum Gasteiger partial charge on any atom is 0.224 e. The second-order valence-corrected chi connectivity index (χ2v) is 3.60. The largest absolute Gasteiger partial charge is 0.357 e. The first-order chi connectivity index (χ1) is 6.61. The van der Waals surface area contributed by atoms with E-state index in [1.54, 1.807) is 0 Å². The van der Waals surface area contributed by atoms with Crippen LogP contribution in [-0.2, 0) is 7.05 Å². The van der Waals surface area contributed by atoms with E-state index in [0.717, 1.165) is 18.2 Å². The molecule has 80 valence electrons. The van der Waals surface area contributed by atoms with Crippen LogP contribution in [0, 0.1) is 5.92 Å². The zero-order valence-corrected chi connectivity index (χ0v) is 9.28. The van der Waals surface area contributed by atoms with E-state index in [1.165, 1.54) is 0 Å². The fraction of sp³-hybridized carbons (Fsp3) is 0.778. The van der Waals surface area contributed by atoms with E-state index in [2.05, 4.69) is 29.4 Å². The van der Waals surface area contributed by atoms with Crippen LogP contribution in [0.25, 0.3) is 0 Å². The normalized spacial score (nSPS) is 15.2. The van der Waals surface area contributed by atoms with Crippen molar-refractivity contribution in [2.24, 2.45) is 18.7 Å². The molecule has 0 amide bonds. The second-order valence-electron chi connectivity index (χ2n) is 3.60. The molecule has 0 aromatic carbocycles. The molecule has 1 heterocycles. The van der Waals surface area contributed by atoms with Crippen LogP contribution in [0.2, 0.25) is 0 Å². The lowest BCUT2D eigenvalue weighted by Gasteiger charge is -2.17. The quantitative estimate of drug-likeness (QED) is 0.752. The maximum atomic E-state index is 6.07. The molecular formula is C9H19N5. The molecule has 0 saturated carbocycles. The number of rotatable bonds is 4. The Bertz CT molecular complexity index is 293. The van der Waals surface area contributed by atoms with Crippen LogP contribution >= 0.6 is 0 Å². The van der Waals surface area contributed by atoms with Gasteiger partial charge in [0.15, 0.2) is 5.82 Å². The summed E-state index contributed by atoms with van der Waals surface area (Å²) in [7, 11) is 3.74. The summed E-state index contributed by atoms with van der Waals surface area (Å²) in [5.41, 5.74) is 6.07. The van der Waals surface area contributed by atoms with Gasteiger partial charge in [-0.1, -0.05) is 20.3 Å². The third-order valence-corrected chi connectivity index (χ3v) is 2.69. The molecule has 1 aromatic heterocycles. The average Bonchev–Trinajstić information content (AvgIpc) is 2.57. The molecule has 0 aliphatic heterocycles. The first-order valence-corrected chi connectivity index (χ1v) is 4.94. The molecule has 0 aliphatic carbocycles. The third-order valence-electron chi connectivity index (χ3n) is 2.69. The highest BCUT2D eigenvalue weighted by molar-refractivity contribution is 5.24. The smallest absolute Gasteiger partial charge is 0.224 e. The Morgan fingerprint density at radius 1 is 1.50 bits per heavy atom. The Kier molecular flexibility index (Phi) is 3.46. The molecule has 1 rings (SSSR count). The minimum atomic E-state index is -0.0420. The minimum Gasteiger partial charge on any atom is -0.357 e. The van der Waals surface area contributed by atoms with Gasteiger partial charge in [-0.3, -0.25) is 4.57 Å². The van der Waals surface area contributed by atoms with Crippen LogP contribution in [0.1, 0.15) is 32.1 Å². The minimum absolute atomic E-state index is 0.0420. The van der Waals surface area contributed by atoms with Crippen molar-refractivity contribution < 1.29 is 0 Å². The molecule has 0 aliphatic rings. The molecule has 1 unspecified atom stereocenters. The average molecular weight is 197 g/mol. The number of nitrogens with zero attached hydrogens (tertiary/aromatic N) is 3. The Morgan fingerprint density at radius 2 is 2.14 bits per heavy atom. The molecule has 0 bridgehead atoms. The molecule has 1 aromatic rings. The van der Waals surface area contributed by atoms with Crippen LogP contribution in [0.15, 0.2) is 0 Å². The molecule has 5 heteroatoms. The summed E-state index contributed by atoms with van der Waals surface area (Å²) in [6, 6.07) is -0.0420. The first kappa shape index (κ1) is 11.0. The van der Waals surface area contributed by atoms with Crippen molar-refractivity contribution in [3.63, 3.8) is 0 Å². The van der Waals surface area contributed by atoms with Gasteiger partial charge in [-0.2, -0.15) is 0 Å². The van der Waals surface area contributed by atoms with Crippen molar-refractivity contribution in [2.75, 3.05) is 12.4 Å². The van der Waals surface area contributed by atoms with E-state index in [-0.39, 0.29) is 6.04 Å². The van der Waals surface area contributed by atoms with E-state index in [0.29, 0.717) is 5.92 Å². The van der Waals surface area contributed by atoms with Crippen LogP contribution < -0.4 is 11.1 Å². The van der Waals surface area contributed by atoms with Crippen LogP contribution in [0.4, 0.5) is 5.95 Å². The zero-order valence-electron chi connectivity index (χ0n) is 9.28. The van der Waals surface area contributed by atoms with Crippen molar-refractivity contribution in [1.29, 1.82) is 0 Å². The van der Waals surface area contributed by atoms with E-state index in [9.17, 15) is 0 Å². The van der Waals surface area contributed by atoms with Crippen LogP contribution in [-0.4, -0.2) is 21.8 Å². The third kappa shape index (κ3) is 1.87. The lowest BCUT2D eigenvalue weighted by molar-refractivity contribution is 0.429. The van der Waals surface area contributed by atoms with E-state index in [1.807, 2.05) is 18.7 Å². The summed E-state index contributed by atoms with van der Waals surface area (Å²) in [5.74, 6) is 2.00. The Balaban J connectivity index is 2.90. The SMILES string of the molecule is CCC(C)[C@H](N)c1nnc(NC)n1C. The van der Waals surface area contributed by atoms with Crippen molar-refractivity contribution in [2.45, 2.75) is 26.3 Å². The number of nitrogens with one attached hydrogen (secondary N) is 1.